The third-order valence-electron chi connectivity index (χ3n) is 3.15. The number of aromatic nitrogens is 2. The summed E-state index contributed by atoms with van der Waals surface area (Å²) in [5.41, 5.74) is 6.30. The summed E-state index contributed by atoms with van der Waals surface area (Å²) in [5, 5.41) is 12.8. The van der Waals surface area contributed by atoms with E-state index in [0.717, 1.165) is 5.56 Å². The fourth-order valence-electron chi connectivity index (χ4n) is 2.30. The molecule has 0 spiro atoms. The third kappa shape index (κ3) is 2.18. The van der Waals surface area contributed by atoms with Crippen molar-refractivity contribution in [1.29, 1.82) is 0 Å². The zero-order valence-corrected chi connectivity index (χ0v) is 10.4. The highest BCUT2D eigenvalue weighted by atomic mass is 19.1. The molecule has 2 heterocycles. The molecule has 0 saturated carbocycles. The van der Waals surface area contributed by atoms with Crippen LogP contribution >= 0.6 is 0 Å². The Morgan fingerprint density at radius 1 is 1.60 bits per heavy atom. The number of hydrogen-bond acceptors (Lipinski definition) is 4. The third-order valence-corrected chi connectivity index (χ3v) is 3.15. The van der Waals surface area contributed by atoms with E-state index in [4.69, 9.17) is 15.6 Å². The molecule has 0 radical (unpaired) electrons. The van der Waals surface area contributed by atoms with Gasteiger partial charge in [0.15, 0.2) is 5.69 Å². The molecule has 0 amide bonds. The maximum Gasteiger partial charge on any atom is 0.358 e. The number of ether oxygens (including phenoxy) is 1. The molecule has 1 aromatic carbocycles. The van der Waals surface area contributed by atoms with Crippen LogP contribution in [-0.2, 0) is 13.0 Å². The van der Waals surface area contributed by atoms with Crippen LogP contribution in [0, 0.1) is 5.82 Å². The van der Waals surface area contributed by atoms with Gasteiger partial charge in [-0.05, 0) is 18.2 Å². The van der Waals surface area contributed by atoms with Crippen LogP contribution in [0.15, 0.2) is 24.4 Å². The normalized spacial score (nSPS) is 16.8. The molecule has 6 nitrogen and oxygen atoms in total. The Labute approximate surface area is 113 Å². The van der Waals surface area contributed by atoms with Crippen molar-refractivity contribution in [2.24, 2.45) is 0 Å². The Bertz CT molecular complexity index is 683. The molecule has 7 heteroatoms. The minimum Gasteiger partial charge on any atom is -0.488 e. The molecule has 1 unspecified atom stereocenters. The van der Waals surface area contributed by atoms with Gasteiger partial charge in [-0.15, -0.1) is 0 Å². The highest BCUT2D eigenvalue weighted by Crippen LogP contribution is 2.29. The van der Waals surface area contributed by atoms with Gasteiger partial charge in [0.05, 0.1) is 12.2 Å². The maximum atomic E-state index is 13.1. The lowest BCUT2D eigenvalue weighted by molar-refractivity contribution is 0.0689. The van der Waals surface area contributed by atoms with Crippen LogP contribution in [0.2, 0.25) is 0 Å². The zero-order valence-electron chi connectivity index (χ0n) is 10.4. The number of nitrogens with zero attached hydrogens (tertiary/aromatic N) is 2. The number of nitrogens with two attached hydrogens (primary N) is 1. The summed E-state index contributed by atoms with van der Waals surface area (Å²) in [6, 6.07) is 4.37. The van der Waals surface area contributed by atoms with Gasteiger partial charge in [-0.25, -0.2) is 9.18 Å². The van der Waals surface area contributed by atoms with Gasteiger partial charge >= 0.3 is 5.97 Å². The molecule has 3 rings (SSSR count). The number of hydrogen-bond donors (Lipinski definition) is 2. The lowest BCUT2D eigenvalue weighted by atomic mass is 10.1. The topological polar surface area (TPSA) is 90.4 Å². The van der Waals surface area contributed by atoms with E-state index in [1.165, 1.54) is 23.0 Å². The minimum atomic E-state index is -1.17. The number of anilines is 1. The number of nitrogen functional groups attached to an aromatic ring is 1. The fraction of sp³-hybridized carbons (Fsp3) is 0.231. The molecule has 0 bridgehead atoms. The standard InChI is InChI=1S/C13H12FN3O3/c14-8-1-2-11-7(3-8)4-9(20-11)5-17-6-10(15)12(16-17)13(18)19/h1-3,6,9H,4-5,15H2,(H,18,19). The predicted octanol–water partition coefficient (Wildman–Crippen LogP) is 1.31. The van der Waals surface area contributed by atoms with Crippen LogP contribution in [0.25, 0.3) is 0 Å². The highest BCUT2D eigenvalue weighted by Gasteiger charge is 2.24. The molecule has 3 N–H and O–H groups in total. The monoisotopic (exact) mass is 277 g/mol. The highest BCUT2D eigenvalue weighted by molar-refractivity contribution is 5.91. The van der Waals surface area contributed by atoms with E-state index in [1.807, 2.05) is 0 Å². The molecule has 0 fully saturated rings. The molecule has 20 heavy (non-hydrogen) atoms. The van der Waals surface area contributed by atoms with E-state index < -0.39 is 5.97 Å². The van der Waals surface area contributed by atoms with Gasteiger partial charge in [-0.1, -0.05) is 0 Å². The van der Waals surface area contributed by atoms with Crippen LogP contribution in [0.3, 0.4) is 0 Å². The SMILES string of the molecule is Nc1cn(CC2Cc3cc(F)ccc3O2)nc1C(=O)O. The van der Waals surface area contributed by atoms with Crippen LogP contribution in [0.5, 0.6) is 5.75 Å². The van der Waals surface area contributed by atoms with Crippen LogP contribution in [-0.4, -0.2) is 27.0 Å². The van der Waals surface area contributed by atoms with Gasteiger partial charge < -0.3 is 15.6 Å². The average molecular weight is 277 g/mol. The van der Waals surface area contributed by atoms with Crippen molar-refractivity contribution in [2.75, 3.05) is 5.73 Å². The molecule has 0 saturated heterocycles. The Morgan fingerprint density at radius 2 is 2.40 bits per heavy atom. The Balaban J connectivity index is 1.75. The summed E-state index contributed by atoms with van der Waals surface area (Å²) in [7, 11) is 0. The fourth-order valence-corrected chi connectivity index (χ4v) is 2.30. The number of rotatable bonds is 3. The summed E-state index contributed by atoms with van der Waals surface area (Å²) in [6.45, 7) is 0.355. The first-order chi connectivity index (χ1) is 9.52. The number of benzene rings is 1. The molecule has 1 atom stereocenters. The Hall–Kier alpha value is -2.57. The van der Waals surface area contributed by atoms with E-state index in [0.29, 0.717) is 18.7 Å². The first-order valence-corrected chi connectivity index (χ1v) is 6.04. The van der Waals surface area contributed by atoms with Gasteiger partial charge in [-0.3, -0.25) is 4.68 Å². The second-order valence-electron chi connectivity index (χ2n) is 4.66. The van der Waals surface area contributed by atoms with Crippen molar-refractivity contribution in [3.8, 4) is 5.75 Å². The van der Waals surface area contributed by atoms with Crippen LogP contribution in [0.4, 0.5) is 10.1 Å². The molecule has 104 valence electrons. The van der Waals surface area contributed by atoms with Crippen molar-refractivity contribution >= 4 is 11.7 Å². The van der Waals surface area contributed by atoms with Gasteiger partial charge in [0.2, 0.25) is 0 Å². The van der Waals surface area contributed by atoms with Crippen LogP contribution in [0.1, 0.15) is 16.1 Å². The van der Waals surface area contributed by atoms with Crippen molar-refractivity contribution < 1.29 is 19.0 Å². The van der Waals surface area contributed by atoms with Gasteiger partial charge in [0.1, 0.15) is 17.7 Å². The quantitative estimate of drug-likeness (QED) is 0.882. The summed E-state index contributed by atoms with van der Waals surface area (Å²) in [5.74, 6) is -0.821. The summed E-state index contributed by atoms with van der Waals surface area (Å²) < 4.78 is 20.2. The molecule has 1 aromatic heterocycles. The van der Waals surface area contributed by atoms with Crippen molar-refractivity contribution in [3.63, 3.8) is 0 Å². The van der Waals surface area contributed by atoms with Crippen molar-refractivity contribution in [2.45, 2.75) is 19.1 Å². The number of carbonyl (C=O) groups is 1. The predicted molar refractivity (Wildman–Crippen MR) is 68.1 cm³/mol. The molecule has 0 aliphatic carbocycles. The lowest BCUT2D eigenvalue weighted by Gasteiger charge is -2.10. The number of halogens is 1. The second-order valence-corrected chi connectivity index (χ2v) is 4.66. The number of carboxylic acids is 1. The molecule has 1 aliphatic rings. The molecule has 1 aliphatic heterocycles. The minimum absolute atomic E-state index is 0.110. The zero-order chi connectivity index (χ0) is 14.3. The van der Waals surface area contributed by atoms with Crippen LogP contribution < -0.4 is 10.5 Å². The van der Waals surface area contributed by atoms with Gasteiger partial charge in [0.25, 0.3) is 0 Å². The largest absolute Gasteiger partial charge is 0.488 e. The molecular weight excluding hydrogens is 265 g/mol. The Morgan fingerprint density at radius 3 is 3.10 bits per heavy atom. The first-order valence-electron chi connectivity index (χ1n) is 6.04. The van der Waals surface area contributed by atoms with Gasteiger partial charge in [0, 0.05) is 18.2 Å². The van der Waals surface area contributed by atoms with Crippen molar-refractivity contribution in [1.82, 2.24) is 9.78 Å². The summed E-state index contributed by atoms with van der Waals surface area (Å²) in [4.78, 5) is 10.9. The number of aromatic carboxylic acids is 1. The van der Waals surface area contributed by atoms with E-state index in [-0.39, 0.29) is 23.3 Å². The van der Waals surface area contributed by atoms with E-state index in [2.05, 4.69) is 5.10 Å². The van der Waals surface area contributed by atoms with E-state index >= 15 is 0 Å². The summed E-state index contributed by atoms with van der Waals surface area (Å²) in [6.07, 6.45) is 1.79. The molecule has 2 aromatic rings. The van der Waals surface area contributed by atoms with Gasteiger partial charge in [-0.2, -0.15) is 5.10 Å². The smallest absolute Gasteiger partial charge is 0.358 e. The van der Waals surface area contributed by atoms with E-state index in [1.54, 1.807) is 6.07 Å². The number of fused-ring (bicyclic) bond motifs is 1. The molecular formula is C13H12FN3O3. The average Bonchev–Trinajstić information content (AvgIpc) is 2.92. The first kappa shape index (κ1) is 12.5. The number of carboxylic acid groups (broad SMARTS) is 1. The Kier molecular flexibility index (Phi) is 2.81. The summed E-state index contributed by atoms with van der Waals surface area (Å²) >= 11 is 0. The van der Waals surface area contributed by atoms with Crippen molar-refractivity contribution in [3.05, 3.63) is 41.5 Å². The maximum absolute atomic E-state index is 13.1. The lowest BCUT2D eigenvalue weighted by Crippen LogP contribution is -2.21. The second kappa shape index (κ2) is 4.52. The van der Waals surface area contributed by atoms with E-state index in [9.17, 15) is 9.18 Å².